The maximum Gasteiger partial charge on any atom is 0.178 e. The van der Waals surface area contributed by atoms with Gasteiger partial charge in [-0.1, -0.05) is 48.5 Å². The van der Waals surface area contributed by atoms with Gasteiger partial charge in [-0.3, -0.25) is 0 Å². The maximum atomic E-state index is 12.6. The van der Waals surface area contributed by atoms with Crippen molar-refractivity contribution in [2.45, 2.75) is 17.2 Å². The number of phenolic OH excluding ortho intramolecular Hbond substituents is 1. The van der Waals surface area contributed by atoms with Gasteiger partial charge in [-0.05, 0) is 48.4 Å². The first kappa shape index (κ1) is 19.0. The zero-order valence-corrected chi connectivity index (χ0v) is 15.7. The Morgan fingerprint density at radius 2 is 1.41 bits per heavy atom. The highest BCUT2D eigenvalue weighted by molar-refractivity contribution is 7.91. The van der Waals surface area contributed by atoms with Crippen LogP contribution in [-0.2, 0) is 9.84 Å². The molecule has 0 aliphatic heterocycles. The number of sulfone groups is 1. The van der Waals surface area contributed by atoms with Gasteiger partial charge >= 0.3 is 0 Å². The van der Waals surface area contributed by atoms with Crippen LogP contribution in [0.25, 0.3) is 0 Å². The zero-order valence-electron chi connectivity index (χ0n) is 14.9. The third-order valence-electron chi connectivity index (χ3n) is 4.40. The van der Waals surface area contributed by atoms with Crippen LogP contribution in [0.4, 0.5) is 0 Å². The van der Waals surface area contributed by atoms with Gasteiger partial charge < -0.3 is 9.84 Å². The number of para-hydroxylation sites is 1. The number of hydrogen-bond acceptors (Lipinski definition) is 4. The smallest absolute Gasteiger partial charge is 0.178 e. The van der Waals surface area contributed by atoms with E-state index in [4.69, 9.17) is 4.74 Å². The van der Waals surface area contributed by atoms with Crippen LogP contribution in [0.15, 0.2) is 89.8 Å². The molecule has 0 radical (unpaired) electrons. The Balaban J connectivity index is 1.72. The average molecular weight is 382 g/mol. The van der Waals surface area contributed by atoms with Crippen LogP contribution in [0.1, 0.15) is 17.9 Å². The molecule has 0 aliphatic carbocycles. The van der Waals surface area contributed by atoms with Crippen LogP contribution in [-0.4, -0.2) is 25.9 Å². The van der Waals surface area contributed by atoms with Gasteiger partial charge in [0.15, 0.2) is 9.84 Å². The Morgan fingerprint density at radius 1 is 0.815 bits per heavy atom. The highest BCUT2D eigenvalue weighted by Crippen LogP contribution is 2.24. The Hall–Kier alpha value is -2.79. The van der Waals surface area contributed by atoms with E-state index in [9.17, 15) is 13.5 Å². The summed E-state index contributed by atoms with van der Waals surface area (Å²) in [7, 11) is -3.43. The lowest BCUT2D eigenvalue weighted by Gasteiger charge is -2.18. The minimum atomic E-state index is -3.43. The Kier molecular flexibility index (Phi) is 6.14. The molecule has 1 atom stereocenters. The molecule has 1 unspecified atom stereocenters. The summed E-state index contributed by atoms with van der Waals surface area (Å²) < 4.78 is 31.1. The normalized spacial score (nSPS) is 12.4. The summed E-state index contributed by atoms with van der Waals surface area (Å²) in [4.78, 5) is 0.219. The summed E-state index contributed by atoms with van der Waals surface area (Å²) in [5.41, 5.74) is 1.05. The standard InChI is InChI=1S/C22H22O4S/c23-20-11-13-22(14-12-20)27(24,25)16-15-19(18-7-3-1-4-8-18)17-26-21-9-5-2-6-10-21/h1-14,19,23H,15-17H2. The molecule has 4 nitrogen and oxygen atoms in total. The molecule has 3 rings (SSSR count). The molecule has 3 aromatic carbocycles. The van der Waals surface area contributed by atoms with E-state index in [1.54, 1.807) is 0 Å². The first-order chi connectivity index (χ1) is 13.0. The molecule has 140 valence electrons. The lowest BCUT2D eigenvalue weighted by molar-refractivity contribution is 0.285. The fraction of sp³-hybridized carbons (Fsp3) is 0.182. The molecule has 5 heteroatoms. The van der Waals surface area contributed by atoms with Crippen LogP contribution in [0.5, 0.6) is 11.5 Å². The van der Waals surface area contributed by atoms with Crippen molar-refractivity contribution in [1.82, 2.24) is 0 Å². The predicted molar refractivity (Wildman–Crippen MR) is 106 cm³/mol. The largest absolute Gasteiger partial charge is 0.508 e. The second kappa shape index (κ2) is 8.73. The third-order valence-corrected chi connectivity index (χ3v) is 6.16. The highest BCUT2D eigenvalue weighted by Gasteiger charge is 2.20. The second-order valence-electron chi connectivity index (χ2n) is 6.33. The summed E-state index contributed by atoms with van der Waals surface area (Å²) >= 11 is 0. The van der Waals surface area contributed by atoms with Crippen molar-refractivity contribution >= 4 is 9.84 Å². The number of ether oxygens (including phenoxy) is 1. The van der Waals surface area contributed by atoms with Crippen LogP contribution < -0.4 is 4.74 Å². The minimum Gasteiger partial charge on any atom is -0.508 e. The van der Waals surface area contributed by atoms with Crippen molar-refractivity contribution in [3.8, 4) is 11.5 Å². The van der Waals surface area contributed by atoms with E-state index < -0.39 is 9.84 Å². The van der Waals surface area contributed by atoms with Crippen molar-refractivity contribution < 1.29 is 18.3 Å². The van der Waals surface area contributed by atoms with E-state index in [1.165, 1.54) is 24.3 Å². The molecule has 0 heterocycles. The molecule has 3 aromatic rings. The first-order valence-electron chi connectivity index (χ1n) is 8.79. The SMILES string of the molecule is O=S(=O)(CCC(COc1ccccc1)c1ccccc1)c1ccc(O)cc1. The topological polar surface area (TPSA) is 63.6 Å². The fourth-order valence-electron chi connectivity index (χ4n) is 2.85. The molecule has 0 spiro atoms. The number of hydrogen-bond donors (Lipinski definition) is 1. The molecule has 0 aliphatic rings. The molecule has 0 amide bonds. The van der Waals surface area contributed by atoms with Crippen LogP contribution in [0, 0.1) is 0 Å². The Bertz CT molecular complexity index is 937. The van der Waals surface area contributed by atoms with Gasteiger partial charge in [-0.15, -0.1) is 0 Å². The highest BCUT2D eigenvalue weighted by atomic mass is 32.2. The molecule has 0 aromatic heterocycles. The molecule has 27 heavy (non-hydrogen) atoms. The second-order valence-corrected chi connectivity index (χ2v) is 8.44. The fourth-order valence-corrected chi connectivity index (χ4v) is 4.23. The summed E-state index contributed by atoms with van der Waals surface area (Å²) in [5.74, 6) is 0.778. The van der Waals surface area contributed by atoms with Crippen molar-refractivity contribution in [1.29, 1.82) is 0 Å². The average Bonchev–Trinajstić information content (AvgIpc) is 2.70. The van der Waals surface area contributed by atoms with E-state index in [-0.39, 0.29) is 22.3 Å². The lowest BCUT2D eigenvalue weighted by Crippen LogP contribution is -2.16. The van der Waals surface area contributed by atoms with Crippen molar-refractivity contribution in [3.05, 3.63) is 90.5 Å². The summed E-state index contributed by atoms with van der Waals surface area (Å²) in [6.07, 6.45) is 0.445. The van der Waals surface area contributed by atoms with Gasteiger partial charge in [0.1, 0.15) is 11.5 Å². The molecule has 0 saturated heterocycles. The van der Waals surface area contributed by atoms with Gasteiger partial charge in [0, 0.05) is 5.92 Å². The van der Waals surface area contributed by atoms with E-state index >= 15 is 0 Å². The molecule has 0 bridgehead atoms. The summed E-state index contributed by atoms with van der Waals surface area (Å²) in [5, 5.41) is 9.36. The number of aromatic hydroxyl groups is 1. The number of benzene rings is 3. The van der Waals surface area contributed by atoms with E-state index in [0.717, 1.165) is 11.3 Å². The Labute approximate surface area is 160 Å². The monoisotopic (exact) mass is 382 g/mol. The van der Waals surface area contributed by atoms with Gasteiger partial charge in [0.25, 0.3) is 0 Å². The Morgan fingerprint density at radius 3 is 2.04 bits per heavy atom. The summed E-state index contributed by atoms with van der Waals surface area (Å²) in [6, 6.07) is 25.0. The number of phenols is 1. The van der Waals surface area contributed by atoms with Crippen molar-refractivity contribution in [2.24, 2.45) is 0 Å². The minimum absolute atomic E-state index is 0.00941. The molecule has 1 N–H and O–H groups in total. The van der Waals surface area contributed by atoms with Crippen LogP contribution >= 0.6 is 0 Å². The molecular weight excluding hydrogens is 360 g/mol. The van der Waals surface area contributed by atoms with Crippen LogP contribution in [0.2, 0.25) is 0 Å². The molecule has 0 fully saturated rings. The van der Waals surface area contributed by atoms with Gasteiger partial charge in [0.2, 0.25) is 0 Å². The van der Waals surface area contributed by atoms with Gasteiger partial charge in [-0.25, -0.2) is 8.42 Å². The van der Waals surface area contributed by atoms with E-state index in [2.05, 4.69) is 0 Å². The lowest BCUT2D eigenvalue weighted by atomic mass is 9.97. The zero-order chi connectivity index (χ0) is 19.1. The van der Waals surface area contributed by atoms with Gasteiger partial charge in [0.05, 0.1) is 17.3 Å². The maximum absolute atomic E-state index is 12.6. The third kappa shape index (κ3) is 5.34. The van der Waals surface area contributed by atoms with E-state index in [1.807, 2.05) is 60.7 Å². The molecule has 0 saturated carbocycles. The predicted octanol–water partition coefficient (Wildman–Crippen LogP) is 4.42. The summed E-state index contributed by atoms with van der Waals surface area (Å²) in [6.45, 7) is 0.402. The van der Waals surface area contributed by atoms with E-state index in [0.29, 0.717) is 13.0 Å². The molecular formula is C22H22O4S. The van der Waals surface area contributed by atoms with Crippen molar-refractivity contribution in [2.75, 3.05) is 12.4 Å². The van der Waals surface area contributed by atoms with Gasteiger partial charge in [-0.2, -0.15) is 0 Å². The van der Waals surface area contributed by atoms with Crippen LogP contribution in [0.3, 0.4) is 0 Å². The quantitative estimate of drug-likeness (QED) is 0.626. The number of rotatable bonds is 8. The first-order valence-corrected chi connectivity index (χ1v) is 10.4. The van der Waals surface area contributed by atoms with Crippen molar-refractivity contribution in [3.63, 3.8) is 0 Å².